The van der Waals surface area contributed by atoms with Crippen LogP contribution in [0.3, 0.4) is 0 Å². The minimum atomic E-state index is -1.22. The first-order valence-electron chi connectivity index (χ1n) is 5.23. The molecule has 1 atom stereocenters. The van der Waals surface area contributed by atoms with E-state index in [1.807, 2.05) is 6.92 Å². The Labute approximate surface area is 104 Å². The number of hydrogen-bond acceptors (Lipinski definition) is 5. The topological polar surface area (TPSA) is 102 Å². The zero-order valence-electron chi connectivity index (χ0n) is 10.0. The van der Waals surface area contributed by atoms with Gasteiger partial charge < -0.3 is 15.2 Å². The second kappa shape index (κ2) is 5.97. The van der Waals surface area contributed by atoms with Crippen molar-refractivity contribution in [3.8, 4) is 0 Å². The van der Waals surface area contributed by atoms with Crippen molar-refractivity contribution in [2.45, 2.75) is 13.0 Å². The molecule has 0 bridgehead atoms. The van der Waals surface area contributed by atoms with Gasteiger partial charge in [-0.05, 0) is 13.0 Å². The number of nitrogens with zero attached hydrogens (tertiary/aromatic N) is 1. The summed E-state index contributed by atoms with van der Waals surface area (Å²) in [4.78, 5) is 21.0. The predicted molar refractivity (Wildman–Crippen MR) is 65.0 cm³/mol. The highest BCUT2D eigenvalue weighted by Gasteiger charge is 2.16. The standard InChI is InChI=1S/C11H14N2O5/c1-7(6-18-2)12-10-4-3-8(13(16)17)5-9(10)11(14)15/h3-5,7,12H,6H2,1-2H3,(H,14,15). The zero-order chi connectivity index (χ0) is 13.7. The van der Waals surface area contributed by atoms with E-state index in [9.17, 15) is 14.9 Å². The van der Waals surface area contributed by atoms with Crippen molar-refractivity contribution in [3.63, 3.8) is 0 Å². The summed E-state index contributed by atoms with van der Waals surface area (Å²) in [6.45, 7) is 2.21. The van der Waals surface area contributed by atoms with Gasteiger partial charge in [0.25, 0.3) is 5.69 Å². The van der Waals surface area contributed by atoms with Crippen molar-refractivity contribution in [3.05, 3.63) is 33.9 Å². The third kappa shape index (κ3) is 3.42. The van der Waals surface area contributed by atoms with Crippen LogP contribution >= 0.6 is 0 Å². The zero-order valence-corrected chi connectivity index (χ0v) is 10.0. The summed E-state index contributed by atoms with van der Waals surface area (Å²) in [6.07, 6.45) is 0. The molecule has 0 saturated heterocycles. The molecule has 0 aliphatic rings. The molecule has 7 nitrogen and oxygen atoms in total. The maximum absolute atomic E-state index is 11.0. The second-order valence-corrected chi connectivity index (χ2v) is 3.79. The molecule has 1 rings (SSSR count). The lowest BCUT2D eigenvalue weighted by Gasteiger charge is -2.15. The van der Waals surface area contributed by atoms with E-state index in [4.69, 9.17) is 9.84 Å². The number of carboxylic acid groups (broad SMARTS) is 1. The van der Waals surface area contributed by atoms with Crippen LogP contribution in [0.4, 0.5) is 11.4 Å². The number of anilines is 1. The quantitative estimate of drug-likeness (QED) is 0.592. The highest BCUT2D eigenvalue weighted by atomic mass is 16.6. The fraction of sp³-hybridized carbons (Fsp3) is 0.364. The molecule has 0 radical (unpaired) electrons. The molecule has 1 aromatic rings. The Hall–Kier alpha value is -2.15. The molecule has 0 aromatic heterocycles. The first-order valence-corrected chi connectivity index (χ1v) is 5.23. The summed E-state index contributed by atoms with van der Waals surface area (Å²) in [7, 11) is 1.53. The van der Waals surface area contributed by atoms with Gasteiger partial charge in [-0.3, -0.25) is 10.1 Å². The van der Waals surface area contributed by atoms with Gasteiger partial charge in [0, 0.05) is 31.0 Å². The van der Waals surface area contributed by atoms with Gasteiger partial charge in [-0.15, -0.1) is 0 Å². The second-order valence-electron chi connectivity index (χ2n) is 3.79. The minimum Gasteiger partial charge on any atom is -0.478 e. The summed E-state index contributed by atoms with van der Waals surface area (Å²) in [5.74, 6) is -1.22. The van der Waals surface area contributed by atoms with E-state index in [2.05, 4.69) is 5.32 Å². The number of nitro groups is 1. The Balaban J connectivity index is 3.04. The fourth-order valence-electron chi connectivity index (χ4n) is 1.51. The smallest absolute Gasteiger partial charge is 0.338 e. The van der Waals surface area contributed by atoms with Crippen molar-refractivity contribution in [2.24, 2.45) is 0 Å². The van der Waals surface area contributed by atoms with Crippen molar-refractivity contribution in [1.82, 2.24) is 0 Å². The number of nitrogens with one attached hydrogen (secondary N) is 1. The van der Waals surface area contributed by atoms with Crippen LogP contribution in [0.15, 0.2) is 18.2 Å². The molecular formula is C11H14N2O5. The van der Waals surface area contributed by atoms with Gasteiger partial charge in [-0.2, -0.15) is 0 Å². The van der Waals surface area contributed by atoms with Crippen molar-refractivity contribution in [2.75, 3.05) is 19.0 Å². The molecule has 0 saturated carbocycles. The molecule has 0 aliphatic heterocycles. The summed E-state index contributed by atoms with van der Waals surface area (Å²) in [5, 5.41) is 22.5. The molecular weight excluding hydrogens is 240 g/mol. The van der Waals surface area contributed by atoms with E-state index in [0.29, 0.717) is 12.3 Å². The highest BCUT2D eigenvalue weighted by molar-refractivity contribution is 5.95. The average Bonchev–Trinajstić information content (AvgIpc) is 2.29. The fourth-order valence-corrected chi connectivity index (χ4v) is 1.51. The third-order valence-corrected chi connectivity index (χ3v) is 2.26. The third-order valence-electron chi connectivity index (χ3n) is 2.26. The molecule has 0 amide bonds. The van der Waals surface area contributed by atoms with E-state index in [-0.39, 0.29) is 17.3 Å². The Bertz CT molecular complexity index is 461. The SMILES string of the molecule is COCC(C)Nc1ccc([N+](=O)[O-])cc1C(=O)O. The van der Waals surface area contributed by atoms with E-state index in [1.54, 1.807) is 0 Å². The maximum Gasteiger partial charge on any atom is 0.338 e. The van der Waals surface area contributed by atoms with Gasteiger partial charge in [0.1, 0.15) is 0 Å². The highest BCUT2D eigenvalue weighted by Crippen LogP contribution is 2.22. The Kier molecular flexibility index (Phi) is 4.61. The molecule has 7 heteroatoms. The number of non-ortho nitro benzene ring substituents is 1. The molecule has 18 heavy (non-hydrogen) atoms. The van der Waals surface area contributed by atoms with Gasteiger partial charge in [0.2, 0.25) is 0 Å². The van der Waals surface area contributed by atoms with E-state index < -0.39 is 10.9 Å². The predicted octanol–water partition coefficient (Wildman–Crippen LogP) is 1.74. The molecule has 2 N–H and O–H groups in total. The summed E-state index contributed by atoms with van der Waals surface area (Å²) < 4.78 is 4.92. The lowest BCUT2D eigenvalue weighted by Crippen LogP contribution is -2.22. The van der Waals surface area contributed by atoms with E-state index >= 15 is 0 Å². The lowest BCUT2D eigenvalue weighted by atomic mass is 10.1. The number of rotatable bonds is 6. The van der Waals surface area contributed by atoms with Crippen LogP contribution in [0, 0.1) is 10.1 Å². The van der Waals surface area contributed by atoms with Gasteiger partial charge in [-0.1, -0.05) is 0 Å². The first-order chi connectivity index (χ1) is 8.45. The number of methoxy groups -OCH3 is 1. The van der Waals surface area contributed by atoms with Crippen molar-refractivity contribution >= 4 is 17.3 Å². The number of carbonyl (C=O) groups is 1. The largest absolute Gasteiger partial charge is 0.478 e. The summed E-state index contributed by atoms with van der Waals surface area (Å²) >= 11 is 0. The Morgan fingerprint density at radius 2 is 2.28 bits per heavy atom. The number of ether oxygens (including phenoxy) is 1. The Morgan fingerprint density at radius 3 is 2.78 bits per heavy atom. The normalized spacial score (nSPS) is 11.9. The van der Waals surface area contributed by atoms with Gasteiger partial charge in [-0.25, -0.2) is 4.79 Å². The number of aromatic carboxylic acids is 1. The van der Waals surface area contributed by atoms with Crippen molar-refractivity contribution in [1.29, 1.82) is 0 Å². The number of hydrogen-bond donors (Lipinski definition) is 2. The summed E-state index contributed by atoms with van der Waals surface area (Å²) in [5.41, 5.74) is -0.0536. The van der Waals surface area contributed by atoms with Gasteiger partial charge in [0.15, 0.2) is 0 Å². The first kappa shape index (κ1) is 13.9. The average molecular weight is 254 g/mol. The molecule has 1 aromatic carbocycles. The maximum atomic E-state index is 11.0. The molecule has 98 valence electrons. The van der Waals surface area contributed by atoms with E-state index in [0.717, 1.165) is 6.07 Å². The van der Waals surface area contributed by atoms with Crippen LogP contribution in [0.1, 0.15) is 17.3 Å². The number of carboxylic acids is 1. The van der Waals surface area contributed by atoms with Gasteiger partial charge >= 0.3 is 5.97 Å². The Morgan fingerprint density at radius 1 is 1.61 bits per heavy atom. The van der Waals surface area contributed by atoms with Crippen LogP contribution in [-0.2, 0) is 4.74 Å². The van der Waals surface area contributed by atoms with Crippen LogP contribution < -0.4 is 5.32 Å². The van der Waals surface area contributed by atoms with Crippen LogP contribution in [0.25, 0.3) is 0 Å². The lowest BCUT2D eigenvalue weighted by molar-refractivity contribution is -0.384. The molecule has 0 spiro atoms. The van der Waals surface area contributed by atoms with Crippen LogP contribution in [-0.4, -0.2) is 35.8 Å². The van der Waals surface area contributed by atoms with E-state index in [1.165, 1.54) is 19.2 Å². The van der Waals surface area contributed by atoms with Crippen LogP contribution in [0.5, 0.6) is 0 Å². The van der Waals surface area contributed by atoms with Crippen molar-refractivity contribution < 1.29 is 19.6 Å². The monoisotopic (exact) mass is 254 g/mol. The molecule has 0 aliphatic carbocycles. The minimum absolute atomic E-state index is 0.102. The molecule has 0 fully saturated rings. The van der Waals surface area contributed by atoms with Crippen LogP contribution in [0.2, 0.25) is 0 Å². The summed E-state index contributed by atoms with van der Waals surface area (Å²) in [6, 6.07) is 3.57. The molecule has 0 heterocycles. The number of benzene rings is 1. The van der Waals surface area contributed by atoms with Gasteiger partial charge in [0.05, 0.1) is 17.1 Å². The number of nitro benzene ring substituents is 1. The molecule has 1 unspecified atom stereocenters.